The van der Waals surface area contributed by atoms with Crippen molar-refractivity contribution >= 4 is 42.8 Å². The van der Waals surface area contributed by atoms with Gasteiger partial charge in [0, 0.05) is 26.8 Å². The average Bonchev–Trinajstić information content (AvgIpc) is 3.68. The van der Waals surface area contributed by atoms with E-state index in [0.717, 1.165) is 82.4 Å². The summed E-state index contributed by atoms with van der Waals surface area (Å²) in [5, 5.41) is 1.14. The molecule has 8 aromatic carbocycles. The number of rotatable bonds is 7. The summed E-state index contributed by atoms with van der Waals surface area (Å²) < 4.78 is 1.18. The molecule has 3 heterocycles. The van der Waals surface area contributed by atoms with Gasteiger partial charge in [-0.05, 0) is 80.9 Å². The third kappa shape index (κ3) is 6.71. The molecule has 0 aliphatic heterocycles. The summed E-state index contributed by atoms with van der Waals surface area (Å²) in [5.74, 6) is 1.90. The standard InChI is InChI=1S/C53H33N5S/c1-3-12-34(13-4-1)35-24-26-37(27-25-35)51-56-50(36-14-5-2-6-15-36)57-52(58-51)44-21-11-20-42(32-44)40-18-9-16-38(30-40)39-17-10-19-41(31-39)43-28-29-45-48(33-43)59-53-49(45)54-46-22-7-8-23-47(46)55-53/h1-33H. The lowest BCUT2D eigenvalue weighted by Crippen LogP contribution is -2.00. The van der Waals surface area contributed by atoms with E-state index < -0.39 is 0 Å². The molecule has 0 bridgehead atoms. The van der Waals surface area contributed by atoms with E-state index in [2.05, 4.69) is 140 Å². The molecule has 0 unspecified atom stereocenters. The second-order valence-corrected chi connectivity index (χ2v) is 15.6. The van der Waals surface area contributed by atoms with Crippen LogP contribution in [0, 0.1) is 0 Å². The van der Waals surface area contributed by atoms with E-state index in [4.69, 9.17) is 24.9 Å². The highest BCUT2D eigenvalue weighted by atomic mass is 32.1. The summed E-state index contributed by atoms with van der Waals surface area (Å²) >= 11 is 1.70. The van der Waals surface area contributed by atoms with Gasteiger partial charge in [-0.1, -0.05) is 164 Å². The molecular weight excluding hydrogens is 739 g/mol. The molecular formula is C53H33N5S. The fourth-order valence-corrected chi connectivity index (χ4v) is 8.77. The van der Waals surface area contributed by atoms with Crippen molar-refractivity contribution in [2.45, 2.75) is 0 Å². The Bertz CT molecular complexity index is 3320. The van der Waals surface area contributed by atoms with Crippen LogP contribution in [-0.4, -0.2) is 24.9 Å². The molecule has 0 saturated heterocycles. The summed E-state index contributed by atoms with van der Waals surface area (Å²) in [6.45, 7) is 0. The van der Waals surface area contributed by atoms with Crippen LogP contribution in [-0.2, 0) is 0 Å². The molecule has 0 aliphatic carbocycles. The topological polar surface area (TPSA) is 64.5 Å². The van der Waals surface area contributed by atoms with Crippen LogP contribution in [0.25, 0.3) is 110 Å². The Kier molecular flexibility index (Phi) is 8.60. The van der Waals surface area contributed by atoms with Gasteiger partial charge in [-0.15, -0.1) is 11.3 Å². The normalized spacial score (nSPS) is 11.4. The van der Waals surface area contributed by atoms with Crippen molar-refractivity contribution in [2.75, 3.05) is 0 Å². The number of fused-ring (bicyclic) bond motifs is 4. The number of hydrogen-bond acceptors (Lipinski definition) is 6. The lowest BCUT2D eigenvalue weighted by molar-refractivity contribution is 1.07. The number of nitrogens with zero attached hydrogens (tertiary/aromatic N) is 5. The highest BCUT2D eigenvalue weighted by Crippen LogP contribution is 2.37. The minimum atomic E-state index is 0.627. The molecule has 276 valence electrons. The first kappa shape index (κ1) is 34.6. The second-order valence-electron chi connectivity index (χ2n) is 14.5. The van der Waals surface area contributed by atoms with Crippen LogP contribution in [0.4, 0.5) is 0 Å². The van der Waals surface area contributed by atoms with Gasteiger partial charge in [-0.25, -0.2) is 24.9 Å². The molecule has 0 atom stereocenters. The minimum absolute atomic E-state index is 0.627. The maximum Gasteiger partial charge on any atom is 0.164 e. The number of aromatic nitrogens is 5. The van der Waals surface area contributed by atoms with Gasteiger partial charge < -0.3 is 0 Å². The van der Waals surface area contributed by atoms with Crippen LogP contribution in [0.2, 0.25) is 0 Å². The Labute approximate surface area is 345 Å². The Morgan fingerprint density at radius 3 is 1.25 bits per heavy atom. The van der Waals surface area contributed by atoms with Gasteiger partial charge in [0.1, 0.15) is 10.3 Å². The first-order chi connectivity index (χ1) is 29.2. The molecule has 11 rings (SSSR count). The summed E-state index contributed by atoms with van der Waals surface area (Å²) in [6.07, 6.45) is 0. The highest BCUT2D eigenvalue weighted by Gasteiger charge is 2.15. The Hall–Kier alpha value is -7.67. The van der Waals surface area contributed by atoms with Gasteiger partial charge in [0.25, 0.3) is 0 Å². The van der Waals surface area contributed by atoms with Crippen LogP contribution in [0.3, 0.4) is 0 Å². The smallest absolute Gasteiger partial charge is 0.164 e. The van der Waals surface area contributed by atoms with Crippen LogP contribution in [0.1, 0.15) is 0 Å². The predicted octanol–water partition coefficient (Wildman–Crippen LogP) is 13.9. The lowest BCUT2D eigenvalue weighted by Gasteiger charge is -2.11. The Morgan fingerprint density at radius 1 is 0.271 bits per heavy atom. The minimum Gasteiger partial charge on any atom is -0.243 e. The van der Waals surface area contributed by atoms with Crippen LogP contribution >= 0.6 is 11.3 Å². The van der Waals surface area contributed by atoms with E-state index in [9.17, 15) is 0 Å². The van der Waals surface area contributed by atoms with Crippen LogP contribution in [0.15, 0.2) is 200 Å². The van der Waals surface area contributed by atoms with E-state index in [1.165, 1.54) is 10.3 Å². The maximum atomic E-state index is 5.06. The van der Waals surface area contributed by atoms with Crippen molar-refractivity contribution in [3.05, 3.63) is 200 Å². The van der Waals surface area contributed by atoms with Crippen molar-refractivity contribution in [2.24, 2.45) is 0 Å². The van der Waals surface area contributed by atoms with E-state index in [0.29, 0.717) is 17.5 Å². The molecule has 11 aromatic rings. The molecule has 0 spiro atoms. The molecule has 6 heteroatoms. The zero-order valence-corrected chi connectivity index (χ0v) is 32.5. The van der Waals surface area contributed by atoms with E-state index in [1.54, 1.807) is 11.3 Å². The maximum absolute atomic E-state index is 5.06. The van der Waals surface area contributed by atoms with Gasteiger partial charge in [0.05, 0.1) is 11.0 Å². The molecule has 0 amide bonds. The summed E-state index contributed by atoms with van der Waals surface area (Å²) in [4.78, 5) is 25.9. The predicted molar refractivity (Wildman–Crippen MR) is 244 cm³/mol. The van der Waals surface area contributed by atoms with Gasteiger partial charge in [-0.2, -0.15) is 0 Å². The number of para-hydroxylation sites is 2. The molecule has 0 fully saturated rings. The third-order valence-corrected chi connectivity index (χ3v) is 11.8. The molecule has 0 N–H and O–H groups in total. The van der Waals surface area contributed by atoms with E-state index in [1.807, 2.05) is 60.7 Å². The summed E-state index contributed by atoms with van der Waals surface area (Å²) in [5.41, 5.74) is 14.7. The number of thiophene rings is 1. The largest absolute Gasteiger partial charge is 0.243 e. The summed E-state index contributed by atoms with van der Waals surface area (Å²) in [6, 6.07) is 69.6. The van der Waals surface area contributed by atoms with Crippen molar-refractivity contribution in [1.29, 1.82) is 0 Å². The molecule has 0 aliphatic rings. The van der Waals surface area contributed by atoms with Crippen molar-refractivity contribution in [1.82, 2.24) is 24.9 Å². The highest BCUT2D eigenvalue weighted by molar-refractivity contribution is 7.25. The molecule has 0 radical (unpaired) electrons. The van der Waals surface area contributed by atoms with Crippen LogP contribution < -0.4 is 0 Å². The monoisotopic (exact) mass is 771 g/mol. The van der Waals surface area contributed by atoms with Crippen molar-refractivity contribution in [3.63, 3.8) is 0 Å². The SMILES string of the molecule is c1ccc(-c2ccc(-c3nc(-c4ccccc4)nc(-c4cccc(-c5cccc(-c6cccc(-c7ccc8c(c7)sc7nc9ccccc9nc78)c6)c5)c4)n3)cc2)cc1. The quantitative estimate of drug-likeness (QED) is 0.161. The second kappa shape index (κ2) is 14.7. The molecule has 5 nitrogen and oxygen atoms in total. The van der Waals surface area contributed by atoms with Gasteiger partial charge in [-0.3, -0.25) is 0 Å². The third-order valence-electron chi connectivity index (χ3n) is 10.7. The fourth-order valence-electron chi connectivity index (χ4n) is 7.70. The van der Waals surface area contributed by atoms with Gasteiger partial charge >= 0.3 is 0 Å². The van der Waals surface area contributed by atoms with Crippen molar-refractivity contribution in [3.8, 4) is 78.7 Å². The average molecular weight is 772 g/mol. The molecule has 59 heavy (non-hydrogen) atoms. The van der Waals surface area contributed by atoms with E-state index in [-0.39, 0.29) is 0 Å². The van der Waals surface area contributed by atoms with Gasteiger partial charge in [0.15, 0.2) is 17.5 Å². The van der Waals surface area contributed by atoms with Crippen molar-refractivity contribution < 1.29 is 0 Å². The molecule has 0 saturated carbocycles. The fraction of sp³-hybridized carbons (Fsp3) is 0. The Morgan fingerprint density at radius 2 is 0.661 bits per heavy atom. The first-order valence-corrected chi connectivity index (χ1v) is 20.4. The zero-order chi connectivity index (χ0) is 39.1. The molecule has 3 aromatic heterocycles. The number of benzene rings is 8. The lowest BCUT2D eigenvalue weighted by atomic mass is 9.95. The van der Waals surface area contributed by atoms with E-state index >= 15 is 0 Å². The van der Waals surface area contributed by atoms with Gasteiger partial charge in [0.2, 0.25) is 0 Å². The summed E-state index contributed by atoms with van der Waals surface area (Å²) in [7, 11) is 0. The Balaban J connectivity index is 0.922. The zero-order valence-electron chi connectivity index (χ0n) is 31.7. The number of hydrogen-bond donors (Lipinski definition) is 0. The van der Waals surface area contributed by atoms with Crippen LogP contribution in [0.5, 0.6) is 0 Å². The first-order valence-electron chi connectivity index (χ1n) is 19.6.